The van der Waals surface area contributed by atoms with E-state index in [1.807, 2.05) is 60.0 Å². The third-order valence-corrected chi connectivity index (χ3v) is 7.40. The fraction of sp³-hybridized carbons (Fsp3) is 0.217. The third kappa shape index (κ3) is 4.55. The SMILES string of the molecule is CCc1cccc(NC(=O)CSc2nc3c(sc(=S)n3-c3ccc(C)cc3)c(=O)n2C)c1. The highest BCUT2D eigenvalue weighted by atomic mass is 32.2. The van der Waals surface area contributed by atoms with Crippen LogP contribution in [0.15, 0.2) is 58.5 Å². The quantitative estimate of drug-likeness (QED) is 0.235. The fourth-order valence-electron chi connectivity index (χ4n) is 3.26. The summed E-state index contributed by atoms with van der Waals surface area (Å²) < 4.78 is 4.35. The van der Waals surface area contributed by atoms with E-state index in [-0.39, 0.29) is 17.2 Å². The Morgan fingerprint density at radius 1 is 1.22 bits per heavy atom. The molecule has 0 radical (unpaired) electrons. The van der Waals surface area contributed by atoms with Crippen LogP contribution in [0.2, 0.25) is 0 Å². The van der Waals surface area contributed by atoms with Gasteiger partial charge in [-0.2, -0.15) is 0 Å². The maximum Gasteiger partial charge on any atom is 0.273 e. The summed E-state index contributed by atoms with van der Waals surface area (Å²) in [4.78, 5) is 30.2. The summed E-state index contributed by atoms with van der Waals surface area (Å²) >= 11 is 8.01. The number of fused-ring (bicyclic) bond motifs is 1. The number of thioether (sulfide) groups is 1. The first-order valence-electron chi connectivity index (χ1n) is 10.1. The number of nitrogens with zero attached hydrogens (tertiary/aromatic N) is 3. The van der Waals surface area contributed by atoms with Crippen molar-refractivity contribution >= 4 is 57.3 Å². The molecule has 0 spiro atoms. The van der Waals surface area contributed by atoms with E-state index in [1.54, 1.807) is 7.05 Å². The second-order valence-electron chi connectivity index (χ2n) is 7.34. The Labute approximate surface area is 198 Å². The van der Waals surface area contributed by atoms with Crippen molar-refractivity contribution in [2.75, 3.05) is 11.1 Å². The van der Waals surface area contributed by atoms with E-state index in [0.29, 0.717) is 19.5 Å². The zero-order valence-corrected chi connectivity index (χ0v) is 20.4. The van der Waals surface area contributed by atoms with Crippen molar-refractivity contribution in [3.63, 3.8) is 0 Å². The van der Waals surface area contributed by atoms with Gasteiger partial charge in [0.15, 0.2) is 14.8 Å². The first-order valence-corrected chi connectivity index (χ1v) is 12.3. The van der Waals surface area contributed by atoms with E-state index in [1.165, 1.54) is 27.7 Å². The highest BCUT2D eigenvalue weighted by molar-refractivity contribution is 7.99. The molecule has 0 aliphatic rings. The van der Waals surface area contributed by atoms with Crippen molar-refractivity contribution in [1.29, 1.82) is 0 Å². The van der Waals surface area contributed by atoms with Gasteiger partial charge < -0.3 is 5.32 Å². The monoisotopic (exact) mass is 482 g/mol. The van der Waals surface area contributed by atoms with Crippen LogP contribution in [-0.4, -0.2) is 25.8 Å². The average Bonchev–Trinajstić information content (AvgIpc) is 3.12. The molecule has 0 unspecified atom stereocenters. The van der Waals surface area contributed by atoms with Crippen molar-refractivity contribution in [1.82, 2.24) is 14.1 Å². The number of hydrogen-bond donors (Lipinski definition) is 1. The van der Waals surface area contributed by atoms with Crippen LogP contribution in [0, 0.1) is 10.9 Å². The zero-order chi connectivity index (χ0) is 22.8. The molecule has 0 aliphatic heterocycles. The number of hydrogen-bond acceptors (Lipinski definition) is 6. The molecule has 4 rings (SSSR count). The highest BCUT2D eigenvalue weighted by Crippen LogP contribution is 2.26. The Bertz CT molecular complexity index is 1420. The molecular weight excluding hydrogens is 460 g/mol. The summed E-state index contributed by atoms with van der Waals surface area (Å²) in [6.45, 7) is 4.09. The van der Waals surface area contributed by atoms with Gasteiger partial charge in [0.2, 0.25) is 5.91 Å². The maximum atomic E-state index is 13.0. The van der Waals surface area contributed by atoms with Gasteiger partial charge in [-0.05, 0) is 55.4 Å². The normalized spacial score (nSPS) is 11.1. The standard InChI is InChI=1S/C23H22N4O2S3/c1-4-15-6-5-7-16(12-15)24-18(28)13-31-22-25-20-19(21(29)26(22)3)32-23(30)27(20)17-10-8-14(2)9-11-17/h5-12H,4,13H2,1-3H3,(H,24,28). The number of benzene rings is 2. The summed E-state index contributed by atoms with van der Waals surface area (Å²) in [6, 6.07) is 15.7. The summed E-state index contributed by atoms with van der Waals surface area (Å²) in [5.74, 6) is -0.0179. The molecule has 6 nitrogen and oxygen atoms in total. The molecule has 0 atom stereocenters. The summed E-state index contributed by atoms with van der Waals surface area (Å²) in [7, 11) is 1.67. The highest BCUT2D eigenvalue weighted by Gasteiger charge is 2.17. The van der Waals surface area contributed by atoms with Crippen molar-refractivity contribution in [3.8, 4) is 5.69 Å². The lowest BCUT2D eigenvalue weighted by atomic mass is 10.1. The topological polar surface area (TPSA) is 68.9 Å². The van der Waals surface area contributed by atoms with Crippen LogP contribution < -0.4 is 10.9 Å². The number of anilines is 1. The van der Waals surface area contributed by atoms with Gasteiger partial charge >= 0.3 is 0 Å². The molecule has 1 N–H and O–H groups in total. The average molecular weight is 483 g/mol. The number of aryl methyl sites for hydroxylation is 2. The van der Waals surface area contributed by atoms with Crippen LogP contribution in [0.25, 0.3) is 16.0 Å². The van der Waals surface area contributed by atoms with Gasteiger partial charge in [-0.15, -0.1) is 0 Å². The van der Waals surface area contributed by atoms with Crippen LogP contribution in [-0.2, 0) is 18.3 Å². The molecule has 1 amide bonds. The Balaban J connectivity index is 1.62. The summed E-state index contributed by atoms with van der Waals surface area (Å²) in [6.07, 6.45) is 0.900. The molecule has 0 bridgehead atoms. The number of carbonyl (C=O) groups is 1. The summed E-state index contributed by atoms with van der Waals surface area (Å²) in [5, 5.41) is 3.38. The van der Waals surface area contributed by atoms with Gasteiger partial charge in [0.1, 0.15) is 4.70 Å². The van der Waals surface area contributed by atoms with Crippen LogP contribution in [0.1, 0.15) is 18.1 Å². The Morgan fingerprint density at radius 2 is 1.97 bits per heavy atom. The number of nitrogens with one attached hydrogen (secondary N) is 1. The number of carbonyl (C=O) groups excluding carboxylic acids is 1. The van der Waals surface area contributed by atoms with E-state index in [0.717, 1.165) is 28.9 Å². The van der Waals surface area contributed by atoms with Gasteiger partial charge in [-0.1, -0.05) is 59.9 Å². The lowest BCUT2D eigenvalue weighted by Crippen LogP contribution is -2.21. The van der Waals surface area contributed by atoms with Crippen LogP contribution in [0.3, 0.4) is 0 Å². The Hall–Kier alpha value is -2.75. The first kappa shape index (κ1) is 22.4. The minimum absolute atomic E-state index is 0.136. The predicted molar refractivity (Wildman–Crippen MR) is 135 cm³/mol. The summed E-state index contributed by atoms with van der Waals surface area (Å²) in [5.41, 5.74) is 4.26. The Morgan fingerprint density at radius 3 is 2.69 bits per heavy atom. The molecule has 2 aromatic heterocycles. The predicted octanol–water partition coefficient (Wildman–Crippen LogP) is 5.12. The molecule has 2 heterocycles. The number of rotatable bonds is 6. The molecule has 2 aromatic carbocycles. The van der Waals surface area contributed by atoms with Crippen LogP contribution in [0.4, 0.5) is 5.69 Å². The number of aromatic nitrogens is 3. The van der Waals surface area contributed by atoms with E-state index in [2.05, 4.69) is 12.2 Å². The minimum Gasteiger partial charge on any atom is -0.325 e. The van der Waals surface area contributed by atoms with Crippen molar-refractivity contribution in [3.05, 3.63) is 74.0 Å². The van der Waals surface area contributed by atoms with Gasteiger partial charge in [0.25, 0.3) is 5.56 Å². The number of amides is 1. The minimum atomic E-state index is -0.171. The molecule has 9 heteroatoms. The largest absolute Gasteiger partial charge is 0.325 e. The van der Waals surface area contributed by atoms with E-state index >= 15 is 0 Å². The lowest BCUT2D eigenvalue weighted by Gasteiger charge is -2.10. The van der Waals surface area contributed by atoms with Gasteiger partial charge in [-0.25, -0.2) is 4.98 Å². The van der Waals surface area contributed by atoms with Crippen LogP contribution >= 0.6 is 35.3 Å². The maximum absolute atomic E-state index is 13.0. The molecule has 0 aliphatic carbocycles. The first-order chi connectivity index (χ1) is 15.4. The molecule has 0 saturated heterocycles. The second-order valence-corrected chi connectivity index (χ2v) is 9.93. The van der Waals surface area contributed by atoms with E-state index in [9.17, 15) is 9.59 Å². The molecule has 0 saturated carbocycles. The third-order valence-electron chi connectivity index (χ3n) is 5.02. The molecule has 4 aromatic rings. The van der Waals surface area contributed by atoms with Gasteiger partial charge in [-0.3, -0.25) is 18.7 Å². The van der Waals surface area contributed by atoms with Crippen molar-refractivity contribution in [2.24, 2.45) is 7.05 Å². The fourth-order valence-corrected chi connectivity index (χ4v) is 5.37. The van der Waals surface area contributed by atoms with Crippen LogP contribution in [0.5, 0.6) is 0 Å². The smallest absolute Gasteiger partial charge is 0.273 e. The Kier molecular flexibility index (Phi) is 6.59. The van der Waals surface area contributed by atoms with E-state index in [4.69, 9.17) is 17.2 Å². The van der Waals surface area contributed by atoms with Gasteiger partial charge in [0, 0.05) is 18.4 Å². The van der Waals surface area contributed by atoms with Crippen molar-refractivity contribution < 1.29 is 4.79 Å². The second kappa shape index (κ2) is 9.40. The number of thiazole rings is 1. The van der Waals surface area contributed by atoms with Crippen molar-refractivity contribution in [2.45, 2.75) is 25.4 Å². The van der Waals surface area contributed by atoms with Gasteiger partial charge in [0.05, 0.1) is 5.75 Å². The molecular formula is C23H22N4O2S3. The molecule has 164 valence electrons. The van der Waals surface area contributed by atoms with E-state index < -0.39 is 0 Å². The lowest BCUT2D eigenvalue weighted by molar-refractivity contribution is -0.113. The molecule has 0 fully saturated rings. The zero-order valence-electron chi connectivity index (χ0n) is 17.9. The molecule has 32 heavy (non-hydrogen) atoms.